The molecule has 302 valence electrons. The summed E-state index contributed by atoms with van der Waals surface area (Å²) in [5.74, 6) is 0. The molecule has 4 heteroatoms. The summed E-state index contributed by atoms with van der Waals surface area (Å²) >= 11 is 6.44. The molecular weight excluding hydrogens is 789 g/mol. The Hall–Kier alpha value is -6.46. The van der Waals surface area contributed by atoms with Crippen LogP contribution >= 0.6 is 23.3 Å². The van der Waals surface area contributed by atoms with E-state index in [1.54, 1.807) is 0 Å². The molecule has 0 fully saturated rings. The van der Waals surface area contributed by atoms with Crippen LogP contribution in [0.1, 0.15) is 49.9 Å². The van der Waals surface area contributed by atoms with Gasteiger partial charge in [-0.15, -0.1) is 23.3 Å². The Morgan fingerprint density at radius 2 is 1.08 bits per heavy atom. The van der Waals surface area contributed by atoms with Gasteiger partial charge in [0.25, 0.3) is 0 Å². The van der Waals surface area contributed by atoms with E-state index in [-0.39, 0.29) is 5.41 Å². The van der Waals surface area contributed by atoms with Gasteiger partial charge in [-0.3, -0.25) is 0 Å². The average molecular weight is 837 g/mol. The fourth-order valence-electron chi connectivity index (χ4n) is 10.2. The minimum atomic E-state index is -0.119. The summed E-state index contributed by atoms with van der Waals surface area (Å²) in [6, 6.07) is 72.2. The van der Waals surface area contributed by atoms with Crippen LogP contribution in [0.2, 0.25) is 0 Å². The summed E-state index contributed by atoms with van der Waals surface area (Å²) in [6.45, 7) is 8.73. The third-order valence-corrected chi connectivity index (χ3v) is 13.0. The van der Waals surface area contributed by atoms with E-state index in [9.17, 15) is 0 Å². The first-order valence-corrected chi connectivity index (χ1v) is 23.2. The van der Waals surface area contributed by atoms with Gasteiger partial charge in [0.15, 0.2) is 0 Å². The Kier molecular flexibility index (Phi) is 10.3. The van der Waals surface area contributed by atoms with Crippen LogP contribution in [0.15, 0.2) is 194 Å². The molecule has 2 aliphatic carbocycles. The molecule has 0 N–H and O–H groups in total. The molecule has 2 nitrogen and oxygen atoms in total. The molecular formula is C58H48N2S2. The Labute approximate surface area is 375 Å². The van der Waals surface area contributed by atoms with Crippen molar-refractivity contribution in [1.82, 2.24) is 4.57 Å². The number of nitrogens with zero attached hydrogens (tertiary/aromatic N) is 2. The van der Waals surface area contributed by atoms with Crippen molar-refractivity contribution in [1.29, 1.82) is 0 Å². The van der Waals surface area contributed by atoms with Crippen LogP contribution in [0.5, 0.6) is 0 Å². The van der Waals surface area contributed by atoms with E-state index >= 15 is 0 Å². The lowest BCUT2D eigenvalue weighted by Crippen LogP contribution is -2.16. The molecule has 1 heterocycles. The molecule has 0 radical (unpaired) electrons. The number of fused-ring (bicyclic) bond motifs is 11. The molecule has 0 spiro atoms. The summed E-state index contributed by atoms with van der Waals surface area (Å²) in [4.78, 5) is 2.46. The van der Waals surface area contributed by atoms with E-state index in [4.69, 9.17) is 0 Å². The maximum absolute atomic E-state index is 3.22. The third kappa shape index (κ3) is 6.35. The van der Waals surface area contributed by atoms with Crippen LogP contribution in [0, 0.1) is 0 Å². The third-order valence-electron chi connectivity index (χ3n) is 13.0. The fourth-order valence-corrected chi connectivity index (χ4v) is 10.2. The van der Waals surface area contributed by atoms with Gasteiger partial charge in [0.05, 0.1) is 11.0 Å². The average Bonchev–Trinajstić information content (AvgIpc) is 3.95. The molecule has 0 unspecified atom stereocenters. The molecule has 1 aromatic heterocycles. The van der Waals surface area contributed by atoms with Gasteiger partial charge < -0.3 is 9.47 Å². The van der Waals surface area contributed by atoms with Gasteiger partial charge in [0.1, 0.15) is 0 Å². The van der Waals surface area contributed by atoms with Gasteiger partial charge in [0.2, 0.25) is 0 Å². The van der Waals surface area contributed by atoms with Crippen molar-refractivity contribution in [3.8, 4) is 39.1 Å². The molecule has 0 amide bonds. The predicted octanol–water partition coefficient (Wildman–Crippen LogP) is 16.7. The maximum Gasteiger partial charge on any atom is 0.0547 e. The molecule has 0 bridgehead atoms. The lowest BCUT2D eigenvalue weighted by atomic mass is 9.82. The highest BCUT2D eigenvalue weighted by Crippen LogP contribution is 2.51. The van der Waals surface area contributed by atoms with Gasteiger partial charge in [0, 0.05) is 38.9 Å². The summed E-state index contributed by atoms with van der Waals surface area (Å²) in [5.41, 5.74) is 20.2. The van der Waals surface area contributed by atoms with Crippen LogP contribution in [-0.4, -0.2) is 4.57 Å². The highest BCUT2D eigenvalue weighted by atomic mass is 33.1. The number of hydrogen-bond donors (Lipinski definition) is 2. The predicted molar refractivity (Wildman–Crippen MR) is 274 cm³/mol. The van der Waals surface area contributed by atoms with E-state index < -0.39 is 0 Å². The van der Waals surface area contributed by atoms with Gasteiger partial charge >= 0.3 is 0 Å². The van der Waals surface area contributed by atoms with Crippen LogP contribution in [-0.2, 0) is 11.8 Å². The van der Waals surface area contributed by atoms with Gasteiger partial charge in [-0.2, -0.15) is 0 Å². The quantitative estimate of drug-likeness (QED) is 0.130. The molecule has 0 aliphatic heterocycles. The van der Waals surface area contributed by atoms with Gasteiger partial charge in [-0.25, -0.2) is 0 Å². The van der Waals surface area contributed by atoms with Crippen molar-refractivity contribution < 1.29 is 0 Å². The van der Waals surface area contributed by atoms with Crippen LogP contribution in [0.25, 0.3) is 71.6 Å². The minimum Gasteiger partial charge on any atom is -0.310 e. The summed E-state index contributed by atoms with van der Waals surface area (Å²) in [7, 11) is 0. The second-order valence-electron chi connectivity index (χ2n) is 16.5. The van der Waals surface area contributed by atoms with E-state index in [0.717, 1.165) is 29.2 Å². The number of rotatable bonds is 5. The Bertz CT molecular complexity index is 3290. The second-order valence-corrected chi connectivity index (χ2v) is 16.5. The van der Waals surface area contributed by atoms with Crippen molar-refractivity contribution in [3.05, 3.63) is 216 Å². The van der Waals surface area contributed by atoms with Crippen molar-refractivity contribution >= 4 is 73.0 Å². The number of aromatic nitrogens is 1. The zero-order valence-corrected chi connectivity index (χ0v) is 37.3. The van der Waals surface area contributed by atoms with E-state index in [1.165, 1.54) is 88.2 Å². The number of thiol groups is 2. The first-order chi connectivity index (χ1) is 30.5. The lowest BCUT2D eigenvalue weighted by Gasteiger charge is -2.28. The van der Waals surface area contributed by atoms with Crippen LogP contribution < -0.4 is 4.90 Å². The van der Waals surface area contributed by atoms with E-state index in [0.29, 0.717) is 0 Å². The summed E-state index contributed by atoms with van der Waals surface area (Å²) < 4.78 is 2.45. The highest BCUT2D eigenvalue weighted by molar-refractivity contribution is 8.59. The minimum absolute atomic E-state index is 0.119. The second kappa shape index (κ2) is 16.1. The zero-order chi connectivity index (χ0) is 42.5. The molecule has 0 atom stereocenters. The van der Waals surface area contributed by atoms with Crippen LogP contribution in [0.3, 0.4) is 0 Å². The lowest BCUT2D eigenvalue weighted by molar-refractivity contribution is 0.660. The van der Waals surface area contributed by atoms with Crippen molar-refractivity contribution in [2.75, 3.05) is 4.90 Å². The van der Waals surface area contributed by atoms with Gasteiger partial charge in [-0.1, -0.05) is 155 Å². The topological polar surface area (TPSA) is 8.17 Å². The molecule has 9 aromatic carbocycles. The normalized spacial score (nSPS) is 12.7. The Morgan fingerprint density at radius 3 is 1.89 bits per heavy atom. The summed E-state index contributed by atoms with van der Waals surface area (Å²) in [5, 5.41) is 5.08. The van der Waals surface area contributed by atoms with Crippen molar-refractivity contribution in [2.45, 2.75) is 39.5 Å². The first-order valence-electron chi connectivity index (χ1n) is 21.6. The Balaban J connectivity index is 0.00000112. The molecule has 62 heavy (non-hydrogen) atoms. The van der Waals surface area contributed by atoms with Crippen molar-refractivity contribution in [2.24, 2.45) is 0 Å². The summed E-state index contributed by atoms with van der Waals surface area (Å²) in [6.07, 6.45) is 0.981. The number of para-hydroxylation sites is 1. The smallest absolute Gasteiger partial charge is 0.0547 e. The SMILES string of the molecule is CC.CC1(C)c2ccccc2-c2ccc(N(c3cccc(-c4ccccc4)c3)c3ccc4c(c3)c3cc5c6c(ccc5cc3n4-c3ccccc3)Cc3ccccc3-6)cc21.SS. The van der Waals surface area contributed by atoms with Crippen molar-refractivity contribution in [3.63, 3.8) is 0 Å². The number of benzene rings is 9. The number of hydrogen-bond acceptors (Lipinski definition) is 3. The fraction of sp³-hybridized carbons (Fsp3) is 0.103. The monoisotopic (exact) mass is 836 g/mol. The van der Waals surface area contributed by atoms with E-state index in [1.807, 2.05) is 13.8 Å². The Morgan fingerprint density at radius 1 is 0.452 bits per heavy atom. The molecule has 0 saturated heterocycles. The van der Waals surface area contributed by atoms with Gasteiger partial charge in [-0.05, 0) is 140 Å². The number of anilines is 3. The zero-order valence-electron chi connectivity index (χ0n) is 35.5. The largest absolute Gasteiger partial charge is 0.310 e. The first kappa shape index (κ1) is 39.7. The molecule has 2 aliphatic rings. The maximum atomic E-state index is 3.22. The standard InChI is InChI=1S/C56H40N2.C2H6.H2S2/c1-56(2)51-23-12-11-22-46(51)47-28-26-44(34-52(47)56)57(42-20-13-17-37(31-42)36-14-5-3-6-15-36)43-27-29-53-49(33-43)50-35-48-39(32-54(50)58(53)41-18-7-4-8-19-41)24-25-40-30-38-16-9-10-21-45(38)55(40)48;2*1-2/h3-29,31-35H,30H2,1-2H3;1-2H3;1-2H. The highest BCUT2D eigenvalue weighted by Gasteiger charge is 2.36. The molecule has 10 aromatic rings. The molecule has 12 rings (SSSR count). The van der Waals surface area contributed by atoms with E-state index in [2.05, 4.69) is 241 Å². The van der Waals surface area contributed by atoms with Crippen LogP contribution in [0.4, 0.5) is 17.1 Å². The molecule has 0 saturated carbocycles.